The molecule has 3 rings (SSSR count). The fourth-order valence-corrected chi connectivity index (χ4v) is 3.53. The summed E-state index contributed by atoms with van der Waals surface area (Å²) in [6.45, 7) is 0. The normalized spacial score (nSPS) is 18.3. The number of amides is 1. The summed E-state index contributed by atoms with van der Waals surface area (Å²) in [5.41, 5.74) is 8.41. The van der Waals surface area contributed by atoms with Gasteiger partial charge in [-0.1, -0.05) is 24.3 Å². The summed E-state index contributed by atoms with van der Waals surface area (Å²) in [6.07, 6.45) is 3.41. The second-order valence-corrected chi connectivity index (χ2v) is 5.47. The maximum absolute atomic E-state index is 11.1. The van der Waals surface area contributed by atoms with E-state index >= 15 is 0 Å². The van der Waals surface area contributed by atoms with Gasteiger partial charge in [-0.25, -0.2) is 4.98 Å². The van der Waals surface area contributed by atoms with Crippen molar-refractivity contribution in [1.29, 1.82) is 0 Å². The van der Waals surface area contributed by atoms with Gasteiger partial charge in [0.1, 0.15) is 10.7 Å². The number of hydrogen-bond acceptors (Lipinski definition) is 3. The maximum Gasteiger partial charge on any atom is 0.268 e. The van der Waals surface area contributed by atoms with Gasteiger partial charge in [-0.3, -0.25) is 4.79 Å². The topological polar surface area (TPSA) is 56.0 Å². The number of fused-ring (bicyclic) bond motifs is 1. The monoisotopic (exact) mass is 258 g/mol. The van der Waals surface area contributed by atoms with Crippen LogP contribution in [0.2, 0.25) is 0 Å². The van der Waals surface area contributed by atoms with Crippen molar-refractivity contribution in [2.45, 2.75) is 25.2 Å². The van der Waals surface area contributed by atoms with Crippen LogP contribution in [-0.4, -0.2) is 10.9 Å². The van der Waals surface area contributed by atoms with Crippen LogP contribution in [0.1, 0.15) is 45.4 Å². The van der Waals surface area contributed by atoms with E-state index in [0.717, 1.165) is 17.8 Å². The van der Waals surface area contributed by atoms with Crippen LogP contribution in [0.4, 0.5) is 0 Å². The van der Waals surface area contributed by atoms with E-state index in [-0.39, 0.29) is 0 Å². The summed E-state index contributed by atoms with van der Waals surface area (Å²) in [6, 6.07) is 8.51. The molecule has 1 aliphatic rings. The van der Waals surface area contributed by atoms with E-state index < -0.39 is 5.91 Å². The highest BCUT2D eigenvalue weighted by molar-refractivity contribution is 7.10. The molecule has 2 aromatic rings. The van der Waals surface area contributed by atoms with Crippen molar-refractivity contribution in [2.24, 2.45) is 5.73 Å². The smallest absolute Gasteiger partial charge is 0.268 e. The zero-order valence-electron chi connectivity index (χ0n) is 9.93. The number of thiazole rings is 1. The fraction of sp³-hybridized carbons (Fsp3) is 0.286. The van der Waals surface area contributed by atoms with Crippen molar-refractivity contribution >= 4 is 17.2 Å². The average Bonchev–Trinajstić information content (AvgIpc) is 2.87. The third-order valence-corrected chi connectivity index (χ3v) is 4.40. The lowest BCUT2D eigenvalue weighted by Crippen LogP contribution is -2.13. The Morgan fingerprint density at radius 2 is 2.22 bits per heavy atom. The van der Waals surface area contributed by atoms with E-state index in [9.17, 15) is 4.79 Å². The highest BCUT2D eigenvalue weighted by atomic mass is 32.1. The Morgan fingerprint density at radius 1 is 1.39 bits per heavy atom. The molecule has 0 saturated heterocycles. The number of primary amides is 1. The second-order valence-electron chi connectivity index (χ2n) is 4.58. The number of nitrogens with two attached hydrogens (primary N) is 1. The number of aryl methyl sites for hydroxylation is 1. The minimum atomic E-state index is -0.443. The standard InChI is InChI=1S/C14H14N2OS/c15-13(17)12-8-18-14(16-12)11-7-3-5-9-4-1-2-6-10(9)11/h1-2,4,6,8,11H,3,5,7H2,(H2,15,17)/t11-/m0/s1. The molecule has 0 fully saturated rings. The Bertz CT molecular complexity index is 591. The van der Waals surface area contributed by atoms with Gasteiger partial charge in [0.15, 0.2) is 0 Å². The van der Waals surface area contributed by atoms with Gasteiger partial charge >= 0.3 is 0 Å². The second kappa shape index (κ2) is 4.53. The van der Waals surface area contributed by atoms with E-state index in [1.165, 1.54) is 28.9 Å². The summed E-state index contributed by atoms with van der Waals surface area (Å²) in [5.74, 6) is -0.116. The highest BCUT2D eigenvalue weighted by Crippen LogP contribution is 2.37. The van der Waals surface area contributed by atoms with Crippen molar-refractivity contribution in [3.05, 3.63) is 51.5 Å². The zero-order chi connectivity index (χ0) is 12.5. The van der Waals surface area contributed by atoms with Crippen molar-refractivity contribution < 1.29 is 4.79 Å². The Morgan fingerprint density at radius 3 is 3.00 bits per heavy atom. The first-order valence-corrected chi connectivity index (χ1v) is 6.96. The van der Waals surface area contributed by atoms with Crippen molar-refractivity contribution in [2.75, 3.05) is 0 Å². The molecule has 0 radical (unpaired) electrons. The van der Waals surface area contributed by atoms with Crippen LogP contribution in [-0.2, 0) is 6.42 Å². The first-order valence-electron chi connectivity index (χ1n) is 6.09. The van der Waals surface area contributed by atoms with Crippen molar-refractivity contribution in [1.82, 2.24) is 4.98 Å². The number of carbonyl (C=O) groups is 1. The van der Waals surface area contributed by atoms with Gasteiger partial charge in [-0.2, -0.15) is 0 Å². The lowest BCUT2D eigenvalue weighted by atomic mass is 9.83. The molecule has 1 atom stereocenters. The number of rotatable bonds is 2. The van der Waals surface area contributed by atoms with Gasteiger partial charge in [0.05, 0.1) is 0 Å². The number of aromatic nitrogens is 1. The molecular weight excluding hydrogens is 244 g/mol. The summed E-state index contributed by atoms with van der Waals surface area (Å²) < 4.78 is 0. The molecule has 0 bridgehead atoms. The Hall–Kier alpha value is -1.68. The predicted octanol–water partition coefficient (Wildman–Crippen LogP) is 2.71. The van der Waals surface area contributed by atoms with Crippen LogP contribution in [0.3, 0.4) is 0 Å². The molecule has 2 N–H and O–H groups in total. The number of hydrogen-bond donors (Lipinski definition) is 1. The first kappa shape index (κ1) is 11.4. The van der Waals surface area contributed by atoms with Gasteiger partial charge in [-0.15, -0.1) is 11.3 Å². The quantitative estimate of drug-likeness (QED) is 0.900. The summed E-state index contributed by atoms with van der Waals surface area (Å²) >= 11 is 1.54. The molecule has 1 aliphatic carbocycles. The van der Waals surface area contributed by atoms with Crippen molar-refractivity contribution in [3.8, 4) is 0 Å². The molecule has 1 amide bonds. The summed E-state index contributed by atoms with van der Waals surface area (Å²) in [5, 5.41) is 2.77. The molecule has 0 spiro atoms. The minimum Gasteiger partial charge on any atom is -0.364 e. The van der Waals surface area contributed by atoms with Crippen molar-refractivity contribution in [3.63, 3.8) is 0 Å². The fourth-order valence-electron chi connectivity index (χ4n) is 2.57. The van der Waals surface area contributed by atoms with Gasteiger partial charge in [0.2, 0.25) is 0 Å². The number of carbonyl (C=O) groups excluding carboxylic acids is 1. The molecule has 1 aromatic heterocycles. The molecule has 0 unspecified atom stereocenters. The van der Waals surface area contributed by atoms with Crippen LogP contribution < -0.4 is 5.73 Å². The van der Waals surface area contributed by atoms with E-state index in [2.05, 4.69) is 29.2 Å². The molecule has 18 heavy (non-hydrogen) atoms. The van der Waals surface area contributed by atoms with Crippen LogP contribution in [0.15, 0.2) is 29.6 Å². The van der Waals surface area contributed by atoms with Gasteiger partial charge in [0.25, 0.3) is 5.91 Å². The Kier molecular flexibility index (Phi) is 2.88. The van der Waals surface area contributed by atoms with Crippen LogP contribution >= 0.6 is 11.3 Å². The first-order chi connectivity index (χ1) is 8.75. The van der Waals surface area contributed by atoms with E-state index in [0.29, 0.717) is 11.6 Å². The minimum absolute atomic E-state index is 0.327. The zero-order valence-corrected chi connectivity index (χ0v) is 10.7. The summed E-state index contributed by atoms with van der Waals surface area (Å²) in [4.78, 5) is 15.5. The SMILES string of the molecule is NC(=O)c1csc([C@H]2CCCc3ccccc32)n1. The van der Waals surface area contributed by atoms with Gasteiger partial charge in [-0.05, 0) is 30.4 Å². The molecule has 1 heterocycles. The maximum atomic E-state index is 11.1. The number of benzene rings is 1. The third kappa shape index (κ3) is 1.93. The highest BCUT2D eigenvalue weighted by Gasteiger charge is 2.24. The molecule has 92 valence electrons. The molecule has 0 saturated carbocycles. The lowest BCUT2D eigenvalue weighted by Gasteiger charge is -2.23. The van der Waals surface area contributed by atoms with E-state index in [4.69, 9.17) is 5.73 Å². The van der Waals surface area contributed by atoms with Crippen LogP contribution in [0.25, 0.3) is 0 Å². The molecule has 0 aliphatic heterocycles. The molecule has 3 nitrogen and oxygen atoms in total. The molecular formula is C14H14N2OS. The van der Waals surface area contributed by atoms with Gasteiger partial charge in [0, 0.05) is 11.3 Å². The Balaban J connectivity index is 2.00. The van der Waals surface area contributed by atoms with Crippen LogP contribution in [0.5, 0.6) is 0 Å². The van der Waals surface area contributed by atoms with E-state index in [1.807, 2.05) is 0 Å². The predicted molar refractivity (Wildman–Crippen MR) is 71.9 cm³/mol. The molecule has 1 aromatic carbocycles. The largest absolute Gasteiger partial charge is 0.364 e. The molecule has 4 heteroatoms. The number of nitrogens with zero attached hydrogens (tertiary/aromatic N) is 1. The summed E-state index contributed by atoms with van der Waals surface area (Å²) in [7, 11) is 0. The van der Waals surface area contributed by atoms with E-state index in [1.54, 1.807) is 5.38 Å². The third-order valence-electron chi connectivity index (χ3n) is 3.44. The van der Waals surface area contributed by atoms with Gasteiger partial charge < -0.3 is 5.73 Å². The van der Waals surface area contributed by atoms with Crippen LogP contribution in [0, 0.1) is 0 Å². The lowest BCUT2D eigenvalue weighted by molar-refractivity contribution is 0.0996. The average molecular weight is 258 g/mol. The Labute approximate surface area is 110 Å².